The molecule has 1 atom stereocenters. The molecule has 0 bridgehead atoms. The first kappa shape index (κ1) is 18.7. The maximum absolute atomic E-state index is 12.9. The number of carbonyl (C=O) groups excluding carboxylic acids is 1. The smallest absolute Gasteiger partial charge is 0.279 e. The minimum absolute atomic E-state index is 0.169. The van der Waals surface area contributed by atoms with Crippen molar-refractivity contribution < 1.29 is 13.9 Å². The number of furan rings is 1. The summed E-state index contributed by atoms with van der Waals surface area (Å²) in [7, 11) is 0. The van der Waals surface area contributed by atoms with Gasteiger partial charge in [-0.3, -0.25) is 10.2 Å². The first-order valence-electron chi connectivity index (χ1n) is 8.87. The summed E-state index contributed by atoms with van der Waals surface area (Å²) in [5.74, 6) is 0.876. The Balaban J connectivity index is 1.51. The Kier molecular flexibility index (Phi) is 5.23. The second kappa shape index (κ2) is 8.13. The molecule has 0 spiro atoms. The van der Waals surface area contributed by atoms with Crippen LogP contribution < -0.4 is 10.2 Å². The normalized spacial score (nSPS) is 15.4. The summed E-state index contributed by atoms with van der Waals surface area (Å²) in [6, 6.07) is 19.2. The summed E-state index contributed by atoms with van der Waals surface area (Å²) in [6.45, 7) is -0.169. The van der Waals surface area contributed by atoms with E-state index in [0.717, 1.165) is 11.3 Å². The number of nitrogens with one attached hydrogen (secondary N) is 1. The average molecular weight is 406 g/mol. The van der Waals surface area contributed by atoms with Gasteiger partial charge in [-0.15, -0.1) is 0 Å². The number of ether oxygens (including phenoxy) is 1. The van der Waals surface area contributed by atoms with E-state index >= 15 is 0 Å². The van der Waals surface area contributed by atoms with Gasteiger partial charge in [0.15, 0.2) is 6.61 Å². The van der Waals surface area contributed by atoms with E-state index in [-0.39, 0.29) is 12.5 Å². The summed E-state index contributed by atoms with van der Waals surface area (Å²) in [5.41, 5.74) is 5.34. The van der Waals surface area contributed by atoms with Crippen LogP contribution in [0.3, 0.4) is 0 Å². The predicted molar refractivity (Wildman–Crippen MR) is 108 cm³/mol. The molecule has 1 aliphatic heterocycles. The Morgan fingerprint density at radius 2 is 1.93 bits per heavy atom. The number of hydrogen-bond acceptors (Lipinski definition) is 5. The van der Waals surface area contributed by atoms with Crippen molar-refractivity contribution >= 4 is 23.2 Å². The third kappa shape index (κ3) is 4.10. The van der Waals surface area contributed by atoms with Gasteiger partial charge >= 0.3 is 0 Å². The number of nitriles is 1. The highest BCUT2D eigenvalue weighted by molar-refractivity contribution is 6.30. The lowest BCUT2D eigenvalue weighted by molar-refractivity contribution is -0.137. The third-order valence-corrected chi connectivity index (χ3v) is 4.70. The van der Waals surface area contributed by atoms with Crippen LogP contribution in [0.4, 0.5) is 0 Å². The molecule has 1 aromatic heterocycles. The highest BCUT2D eigenvalue weighted by Crippen LogP contribution is 2.32. The summed E-state index contributed by atoms with van der Waals surface area (Å²) < 4.78 is 11.1. The molecule has 1 aliphatic rings. The van der Waals surface area contributed by atoms with E-state index in [1.807, 2.05) is 30.3 Å². The van der Waals surface area contributed by atoms with Crippen LogP contribution in [0.25, 0.3) is 5.70 Å². The second-order valence-corrected chi connectivity index (χ2v) is 6.78. The summed E-state index contributed by atoms with van der Waals surface area (Å²) in [6.07, 6.45) is 3.49. The predicted octanol–water partition coefficient (Wildman–Crippen LogP) is 4.31. The lowest BCUT2D eigenvalue weighted by Crippen LogP contribution is -2.42. The Labute approximate surface area is 172 Å². The van der Waals surface area contributed by atoms with Crippen LogP contribution in [0.2, 0.25) is 5.02 Å². The van der Waals surface area contributed by atoms with E-state index in [1.54, 1.807) is 48.7 Å². The molecule has 0 saturated carbocycles. The zero-order valence-electron chi connectivity index (χ0n) is 15.2. The van der Waals surface area contributed by atoms with Gasteiger partial charge < -0.3 is 9.15 Å². The molecule has 0 aliphatic carbocycles. The summed E-state index contributed by atoms with van der Waals surface area (Å²) >= 11 is 5.97. The van der Waals surface area contributed by atoms with Gasteiger partial charge in [-0.2, -0.15) is 5.26 Å². The van der Waals surface area contributed by atoms with Gasteiger partial charge in [0.2, 0.25) is 0 Å². The summed E-state index contributed by atoms with van der Waals surface area (Å²) in [5, 5.41) is 11.0. The Morgan fingerprint density at radius 1 is 1.17 bits per heavy atom. The molecular formula is C22H16ClN3O3. The van der Waals surface area contributed by atoms with Gasteiger partial charge in [0.25, 0.3) is 5.91 Å². The molecule has 1 amide bonds. The number of hydrogen-bond donors (Lipinski definition) is 1. The zero-order chi connectivity index (χ0) is 20.2. The van der Waals surface area contributed by atoms with Gasteiger partial charge in [0, 0.05) is 5.02 Å². The molecule has 3 aromatic rings. The van der Waals surface area contributed by atoms with Crippen LogP contribution in [0.1, 0.15) is 22.9 Å². The first-order valence-corrected chi connectivity index (χ1v) is 9.25. The minimum Gasteiger partial charge on any atom is -0.484 e. The van der Waals surface area contributed by atoms with E-state index in [9.17, 15) is 4.79 Å². The topological polar surface area (TPSA) is 78.5 Å². The summed E-state index contributed by atoms with van der Waals surface area (Å²) in [4.78, 5) is 12.9. The van der Waals surface area contributed by atoms with Crippen molar-refractivity contribution in [2.75, 3.05) is 6.61 Å². The van der Waals surface area contributed by atoms with Crippen molar-refractivity contribution in [2.24, 2.45) is 0 Å². The first-order chi connectivity index (χ1) is 14.1. The molecule has 7 heteroatoms. The molecule has 1 N–H and O–H groups in total. The Morgan fingerprint density at radius 3 is 2.59 bits per heavy atom. The number of amides is 1. The van der Waals surface area contributed by atoms with Gasteiger partial charge in [0.1, 0.15) is 17.6 Å². The standard InChI is InChI=1S/C22H16ClN3O3/c23-17-7-5-16(6-8-17)19-12-20(21-2-1-11-28-21)26(25-19)22(27)14-29-18-9-3-15(13-24)4-10-18/h1-12,20,25H,14H2/t20-/m1/s1. The SMILES string of the molecule is N#Cc1ccc(OCC(=O)N2NC(c3ccc(Cl)cc3)=C[C@@H]2c2ccco2)cc1. The van der Waals surface area contributed by atoms with Crippen LogP contribution in [-0.2, 0) is 4.79 Å². The fraction of sp³-hybridized carbons (Fsp3) is 0.0909. The molecule has 6 nitrogen and oxygen atoms in total. The lowest BCUT2D eigenvalue weighted by atomic mass is 10.1. The van der Waals surface area contributed by atoms with Gasteiger partial charge in [-0.1, -0.05) is 23.7 Å². The van der Waals surface area contributed by atoms with Crippen LogP contribution in [-0.4, -0.2) is 17.5 Å². The molecule has 2 aromatic carbocycles. The van der Waals surface area contributed by atoms with Crippen molar-refractivity contribution in [3.63, 3.8) is 0 Å². The molecule has 0 radical (unpaired) electrons. The van der Waals surface area contributed by atoms with Gasteiger partial charge in [0.05, 0.1) is 23.6 Å². The van der Waals surface area contributed by atoms with Crippen LogP contribution >= 0.6 is 11.6 Å². The maximum atomic E-state index is 12.9. The zero-order valence-corrected chi connectivity index (χ0v) is 16.0. The van der Waals surface area contributed by atoms with E-state index < -0.39 is 6.04 Å². The molecular weight excluding hydrogens is 390 g/mol. The van der Waals surface area contributed by atoms with Crippen molar-refractivity contribution in [1.82, 2.24) is 10.4 Å². The molecule has 0 saturated heterocycles. The van der Waals surface area contributed by atoms with E-state index in [4.69, 9.17) is 26.0 Å². The number of halogens is 1. The van der Waals surface area contributed by atoms with Crippen LogP contribution in [0, 0.1) is 11.3 Å². The van der Waals surface area contributed by atoms with Gasteiger partial charge in [-0.05, 0) is 60.2 Å². The van der Waals surface area contributed by atoms with E-state index in [0.29, 0.717) is 22.1 Å². The number of nitrogens with zero attached hydrogens (tertiary/aromatic N) is 2. The Bertz CT molecular complexity index is 1070. The third-order valence-electron chi connectivity index (χ3n) is 4.45. The van der Waals surface area contributed by atoms with Crippen molar-refractivity contribution in [2.45, 2.75) is 6.04 Å². The quantitative estimate of drug-likeness (QED) is 0.684. The maximum Gasteiger partial charge on any atom is 0.279 e. The average Bonchev–Trinajstić information content (AvgIpc) is 3.43. The molecule has 2 heterocycles. The number of benzene rings is 2. The monoisotopic (exact) mass is 405 g/mol. The molecule has 0 unspecified atom stereocenters. The van der Waals surface area contributed by atoms with Crippen molar-refractivity contribution in [1.29, 1.82) is 5.26 Å². The fourth-order valence-corrected chi connectivity index (χ4v) is 3.11. The fourth-order valence-electron chi connectivity index (χ4n) is 2.99. The van der Waals surface area contributed by atoms with E-state index in [1.165, 1.54) is 5.01 Å². The second-order valence-electron chi connectivity index (χ2n) is 6.35. The van der Waals surface area contributed by atoms with Gasteiger partial charge in [-0.25, -0.2) is 5.01 Å². The van der Waals surface area contributed by atoms with E-state index in [2.05, 4.69) is 5.43 Å². The van der Waals surface area contributed by atoms with Crippen LogP contribution in [0.5, 0.6) is 5.75 Å². The molecule has 144 valence electrons. The number of carbonyl (C=O) groups is 1. The van der Waals surface area contributed by atoms with Crippen molar-refractivity contribution in [3.8, 4) is 11.8 Å². The van der Waals surface area contributed by atoms with Crippen molar-refractivity contribution in [3.05, 3.63) is 94.9 Å². The largest absolute Gasteiger partial charge is 0.484 e. The number of rotatable bonds is 5. The molecule has 29 heavy (non-hydrogen) atoms. The lowest BCUT2D eigenvalue weighted by Gasteiger charge is -2.24. The molecule has 0 fully saturated rings. The highest BCUT2D eigenvalue weighted by Gasteiger charge is 2.32. The minimum atomic E-state index is -0.409. The highest BCUT2D eigenvalue weighted by atomic mass is 35.5. The Hall–Kier alpha value is -3.69. The van der Waals surface area contributed by atoms with Crippen LogP contribution in [0.15, 0.2) is 77.4 Å². The number of hydrazine groups is 1. The molecule has 4 rings (SSSR count).